The van der Waals surface area contributed by atoms with E-state index in [1.807, 2.05) is 0 Å². The van der Waals surface area contributed by atoms with Crippen LogP contribution in [0.3, 0.4) is 0 Å². The van der Waals surface area contributed by atoms with E-state index >= 15 is 0 Å². The van der Waals surface area contributed by atoms with Crippen LogP contribution in [-0.2, 0) is 10.8 Å². The van der Waals surface area contributed by atoms with Gasteiger partial charge in [-0.05, 0) is 64.3 Å². The summed E-state index contributed by atoms with van der Waals surface area (Å²) in [6, 6.07) is 24.3. The normalized spacial score (nSPS) is 24.9. The highest BCUT2D eigenvalue weighted by Crippen LogP contribution is 2.60. The van der Waals surface area contributed by atoms with Gasteiger partial charge < -0.3 is 0 Å². The number of imidazole rings is 1. The van der Waals surface area contributed by atoms with Gasteiger partial charge in [0.05, 0.1) is 11.0 Å². The minimum Gasteiger partial charge on any atom is -0.298 e. The van der Waals surface area contributed by atoms with Crippen molar-refractivity contribution in [3.05, 3.63) is 84.1 Å². The first kappa shape index (κ1) is 16.6. The van der Waals surface area contributed by atoms with E-state index < -0.39 is 0 Å². The quantitative estimate of drug-likeness (QED) is 0.301. The van der Waals surface area contributed by atoms with E-state index in [0.717, 1.165) is 11.2 Å². The van der Waals surface area contributed by atoms with E-state index in [4.69, 9.17) is 4.98 Å². The molecule has 1 saturated carbocycles. The third kappa shape index (κ3) is 1.97. The van der Waals surface area contributed by atoms with Crippen molar-refractivity contribution in [2.24, 2.45) is 0 Å². The van der Waals surface area contributed by atoms with Crippen molar-refractivity contribution in [1.29, 1.82) is 0 Å². The maximum atomic E-state index is 5.16. The van der Waals surface area contributed by atoms with E-state index in [2.05, 4.69) is 91.2 Å². The lowest BCUT2D eigenvalue weighted by Crippen LogP contribution is -2.17. The zero-order valence-electron chi connectivity index (χ0n) is 17.4. The molecule has 7 rings (SSSR count). The van der Waals surface area contributed by atoms with E-state index in [1.54, 1.807) is 11.1 Å². The van der Waals surface area contributed by atoms with Gasteiger partial charge in [0, 0.05) is 17.1 Å². The average Bonchev–Trinajstić information content (AvgIpc) is 3.37. The zero-order chi connectivity index (χ0) is 20.1. The van der Waals surface area contributed by atoms with Crippen LogP contribution in [0.2, 0.25) is 0 Å². The molecule has 2 bridgehead atoms. The first-order chi connectivity index (χ1) is 14.6. The van der Waals surface area contributed by atoms with Gasteiger partial charge in [0.1, 0.15) is 5.65 Å². The van der Waals surface area contributed by atoms with Crippen LogP contribution in [0.5, 0.6) is 0 Å². The zero-order valence-corrected chi connectivity index (χ0v) is 17.4. The first-order valence-electron chi connectivity index (χ1n) is 11.0. The van der Waals surface area contributed by atoms with E-state index in [0.29, 0.717) is 10.8 Å². The summed E-state index contributed by atoms with van der Waals surface area (Å²) < 4.78 is 2.33. The molecule has 2 aromatic heterocycles. The summed E-state index contributed by atoms with van der Waals surface area (Å²) in [6.07, 6.45) is 6.18. The molecule has 0 spiro atoms. The predicted molar refractivity (Wildman–Crippen MR) is 124 cm³/mol. The number of rotatable bonds is 1. The molecule has 0 radical (unpaired) electrons. The minimum atomic E-state index is 0.321. The second kappa shape index (κ2) is 5.31. The van der Waals surface area contributed by atoms with Crippen LogP contribution in [0.25, 0.3) is 38.6 Å². The third-order valence-electron chi connectivity index (χ3n) is 7.94. The molecule has 0 amide bonds. The van der Waals surface area contributed by atoms with Gasteiger partial charge in [0.15, 0.2) is 0 Å². The standard InChI is InChI=1S/C28H24N2/c1-27-12-13-28(2,17-27)23-15-25-24(14-22(23)27)29-26-20-11-7-6-10-19(20)21(16-30(25)26)18-8-4-3-5-9-18/h3-11,14-16H,12-13,17H2,1-2H3. The Hall–Kier alpha value is -3.13. The van der Waals surface area contributed by atoms with Crippen molar-refractivity contribution in [1.82, 2.24) is 9.38 Å². The van der Waals surface area contributed by atoms with Gasteiger partial charge in [-0.3, -0.25) is 4.40 Å². The van der Waals surface area contributed by atoms with Gasteiger partial charge >= 0.3 is 0 Å². The molecule has 0 saturated heterocycles. The van der Waals surface area contributed by atoms with Crippen molar-refractivity contribution < 1.29 is 0 Å². The molecule has 30 heavy (non-hydrogen) atoms. The number of hydrogen-bond acceptors (Lipinski definition) is 1. The molecule has 2 heteroatoms. The molecular formula is C28H24N2. The summed E-state index contributed by atoms with van der Waals surface area (Å²) in [5, 5.41) is 2.48. The Morgan fingerprint density at radius 3 is 2.23 bits per heavy atom. The molecule has 2 aliphatic rings. The Kier molecular flexibility index (Phi) is 2.95. The number of pyridine rings is 1. The molecule has 5 aromatic rings. The highest BCUT2D eigenvalue weighted by Gasteiger charge is 2.53. The molecule has 0 aliphatic heterocycles. The lowest BCUT2D eigenvalue weighted by Gasteiger charge is -2.26. The summed E-state index contributed by atoms with van der Waals surface area (Å²) in [4.78, 5) is 5.16. The van der Waals surface area contributed by atoms with E-state index in [9.17, 15) is 0 Å². The topological polar surface area (TPSA) is 17.3 Å². The molecule has 2 unspecified atom stereocenters. The van der Waals surface area contributed by atoms with Gasteiger partial charge in [-0.25, -0.2) is 4.98 Å². The van der Waals surface area contributed by atoms with Crippen LogP contribution in [0.1, 0.15) is 44.2 Å². The van der Waals surface area contributed by atoms with Crippen molar-refractivity contribution >= 4 is 27.5 Å². The molecule has 1 fully saturated rings. The molecular weight excluding hydrogens is 364 g/mol. The highest BCUT2D eigenvalue weighted by molar-refractivity contribution is 6.05. The van der Waals surface area contributed by atoms with Gasteiger partial charge in [0.2, 0.25) is 0 Å². The number of nitrogens with zero attached hydrogens (tertiary/aromatic N) is 2. The Labute approximate surface area is 176 Å². The van der Waals surface area contributed by atoms with Crippen LogP contribution in [-0.4, -0.2) is 9.38 Å². The van der Waals surface area contributed by atoms with Gasteiger partial charge in [-0.2, -0.15) is 0 Å². The average molecular weight is 389 g/mol. The second-order valence-electron chi connectivity index (χ2n) is 9.94. The van der Waals surface area contributed by atoms with Crippen LogP contribution < -0.4 is 0 Å². The van der Waals surface area contributed by atoms with Gasteiger partial charge in [-0.15, -0.1) is 0 Å². The summed E-state index contributed by atoms with van der Waals surface area (Å²) in [7, 11) is 0. The van der Waals surface area contributed by atoms with Crippen molar-refractivity contribution in [2.45, 2.75) is 43.9 Å². The Balaban J connectivity index is 1.62. The van der Waals surface area contributed by atoms with Gasteiger partial charge in [0.25, 0.3) is 0 Å². The summed E-state index contributed by atoms with van der Waals surface area (Å²) in [5.41, 5.74) is 9.68. The molecule has 3 aromatic carbocycles. The lowest BCUT2D eigenvalue weighted by molar-refractivity contribution is 0.484. The Morgan fingerprint density at radius 1 is 0.800 bits per heavy atom. The summed E-state index contributed by atoms with van der Waals surface area (Å²) in [5.74, 6) is 0. The number of hydrogen-bond donors (Lipinski definition) is 0. The SMILES string of the molecule is CC12CCC(C)(C1)c1cc3c(cc12)nc1c2ccccc2c(-c2ccccc2)cn31. The largest absolute Gasteiger partial charge is 0.298 e. The number of fused-ring (bicyclic) bond motifs is 10. The van der Waals surface area contributed by atoms with Crippen LogP contribution in [0.15, 0.2) is 72.9 Å². The summed E-state index contributed by atoms with van der Waals surface area (Å²) >= 11 is 0. The monoisotopic (exact) mass is 388 g/mol. The predicted octanol–water partition coefficient (Wildman–Crippen LogP) is 7.02. The van der Waals surface area contributed by atoms with Gasteiger partial charge in [-0.1, -0.05) is 68.4 Å². The lowest BCUT2D eigenvalue weighted by atomic mass is 9.78. The maximum absolute atomic E-state index is 5.16. The molecule has 2 atom stereocenters. The maximum Gasteiger partial charge on any atom is 0.145 e. The number of benzene rings is 3. The van der Waals surface area contributed by atoms with E-state index in [-0.39, 0.29) is 0 Å². The Morgan fingerprint density at radius 2 is 1.47 bits per heavy atom. The first-order valence-corrected chi connectivity index (χ1v) is 11.0. The second-order valence-corrected chi connectivity index (χ2v) is 9.94. The Bertz CT molecular complexity index is 1490. The number of aromatic nitrogens is 2. The molecule has 0 N–H and O–H groups in total. The third-order valence-corrected chi connectivity index (χ3v) is 7.94. The van der Waals surface area contributed by atoms with Crippen LogP contribution in [0, 0.1) is 0 Å². The highest BCUT2D eigenvalue weighted by atomic mass is 15.0. The fraction of sp³-hybridized carbons (Fsp3) is 0.250. The van der Waals surface area contributed by atoms with Crippen molar-refractivity contribution in [2.75, 3.05) is 0 Å². The fourth-order valence-electron chi connectivity index (χ4n) is 6.47. The minimum absolute atomic E-state index is 0.321. The van der Waals surface area contributed by atoms with Crippen LogP contribution >= 0.6 is 0 Å². The molecule has 2 heterocycles. The molecule has 146 valence electrons. The fourth-order valence-corrected chi connectivity index (χ4v) is 6.47. The van der Waals surface area contributed by atoms with Crippen molar-refractivity contribution in [3.8, 4) is 11.1 Å². The smallest absolute Gasteiger partial charge is 0.145 e. The van der Waals surface area contributed by atoms with E-state index in [1.165, 1.54) is 46.7 Å². The molecule has 2 nitrogen and oxygen atoms in total. The van der Waals surface area contributed by atoms with Crippen molar-refractivity contribution in [3.63, 3.8) is 0 Å². The van der Waals surface area contributed by atoms with Crippen LogP contribution in [0.4, 0.5) is 0 Å². The summed E-state index contributed by atoms with van der Waals surface area (Å²) in [6.45, 7) is 4.92. The molecule has 2 aliphatic carbocycles.